The van der Waals surface area contributed by atoms with Gasteiger partial charge in [-0.3, -0.25) is 0 Å². The van der Waals surface area contributed by atoms with Crippen molar-refractivity contribution in [3.63, 3.8) is 0 Å². The number of hydrogen-bond acceptors (Lipinski definition) is 4. The van der Waals surface area contributed by atoms with Crippen LogP contribution in [0, 0.1) is 5.92 Å². The second kappa shape index (κ2) is 6.77. The summed E-state index contributed by atoms with van der Waals surface area (Å²) in [7, 11) is -0.211. The zero-order valence-corrected chi connectivity index (χ0v) is 13.7. The Balaban J connectivity index is 2.17. The van der Waals surface area contributed by atoms with E-state index in [4.69, 9.17) is 4.74 Å². The lowest BCUT2D eigenvalue weighted by Crippen LogP contribution is -2.33. The first kappa shape index (κ1) is 16.3. The molecule has 0 heterocycles. The van der Waals surface area contributed by atoms with Crippen molar-refractivity contribution in [3.05, 3.63) is 23.8 Å². The predicted octanol–water partition coefficient (Wildman–Crippen LogP) is 1.88. The van der Waals surface area contributed by atoms with Crippen LogP contribution in [0.1, 0.15) is 31.7 Å². The van der Waals surface area contributed by atoms with Crippen molar-refractivity contribution in [2.75, 3.05) is 14.2 Å². The molecule has 1 aliphatic carbocycles. The summed E-state index contributed by atoms with van der Waals surface area (Å²) < 4.78 is 33.0. The molecule has 1 fully saturated rings. The Hall–Kier alpha value is -1.11. The van der Waals surface area contributed by atoms with Gasteiger partial charge in [0.25, 0.3) is 0 Å². The number of rotatable bonds is 8. The molecule has 5 nitrogen and oxygen atoms in total. The maximum absolute atomic E-state index is 12.5. The van der Waals surface area contributed by atoms with E-state index in [9.17, 15) is 8.42 Å². The maximum Gasteiger partial charge on any atom is 0.244 e. The van der Waals surface area contributed by atoms with Crippen molar-refractivity contribution in [2.24, 2.45) is 5.92 Å². The Morgan fingerprint density at radius 1 is 1.38 bits per heavy atom. The highest BCUT2D eigenvalue weighted by Crippen LogP contribution is 2.34. The van der Waals surface area contributed by atoms with E-state index in [0.717, 1.165) is 12.0 Å². The first-order valence-electron chi connectivity index (χ1n) is 7.30. The Labute approximate surface area is 127 Å². The molecule has 6 heteroatoms. The van der Waals surface area contributed by atoms with Gasteiger partial charge >= 0.3 is 0 Å². The number of sulfonamides is 1. The first-order chi connectivity index (χ1) is 9.96. The third kappa shape index (κ3) is 4.43. The van der Waals surface area contributed by atoms with Gasteiger partial charge < -0.3 is 10.1 Å². The standard InChI is InChI=1S/C15H24N2O3S/c1-11(8-12-4-5-12)17-21(18,19)15-7-6-13(10-16-2)9-14(15)20-3/h6-7,9,11-12,16-17H,4-5,8,10H2,1-3H3. The van der Waals surface area contributed by atoms with Gasteiger partial charge in [0.05, 0.1) is 7.11 Å². The summed E-state index contributed by atoms with van der Waals surface area (Å²) in [5, 5.41) is 3.03. The molecule has 0 aliphatic heterocycles. The van der Waals surface area contributed by atoms with Crippen LogP contribution in [0.4, 0.5) is 0 Å². The van der Waals surface area contributed by atoms with Gasteiger partial charge in [0, 0.05) is 12.6 Å². The Morgan fingerprint density at radius 2 is 2.10 bits per heavy atom. The predicted molar refractivity (Wildman–Crippen MR) is 82.9 cm³/mol. The van der Waals surface area contributed by atoms with E-state index in [1.807, 2.05) is 14.0 Å². The lowest BCUT2D eigenvalue weighted by Gasteiger charge is -2.16. The molecule has 0 radical (unpaired) electrons. The largest absolute Gasteiger partial charge is 0.495 e. The number of ether oxygens (including phenoxy) is 1. The lowest BCUT2D eigenvalue weighted by molar-refractivity contribution is 0.401. The van der Waals surface area contributed by atoms with Crippen LogP contribution in [0.25, 0.3) is 0 Å². The molecule has 21 heavy (non-hydrogen) atoms. The van der Waals surface area contributed by atoms with Crippen LogP contribution >= 0.6 is 0 Å². The van der Waals surface area contributed by atoms with Crippen LogP contribution in [-0.4, -0.2) is 28.6 Å². The van der Waals surface area contributed by atoms with Crippen LogP contribution in [0.5, 0.6) is 5.75 Å². The van der Waals surface area contributed by atoms with Crippen molar-refractivity contribution in [1.82, 2.24) is 10.0 Å². The minimum atomic E-state index is -3.55. The van der Waals surface area contributed by atoms with Gasteiger partial charge in [-0.15, -0.1) is 0 Å². The van der Waals surface area contributed by atoms with Crippen molar-refractivity contribution < 1.29 is 13.2 Å². The molecule has 2 N–H and O–H groups in total. The molecule has 1 atom stereocenters. The molecule has 0 spiro atoms. The third-order valence-corrected chi connectivity index (χ3v) is 5.27. The summed E-state index contributed by atoms with van der Waals surface area (Å²) in [6.07, 6.45) is 3.33. The molecule has 1 aromatic carbocycles. The van der Waals surface area contributed by atoms with E-state index in [1.54, 1.807) is 18.2 Å². The molecule has 1 unspecified atom stereocenters. The fourth-order valence-corrected chi connectivity index (χ4v) is 3.89. The van der Waals surface area contributed by atoms with Gasteiger partial charge in [-0.2, -0.15) is 0 Å². The van der Waals surface area contributed by atoms with E-state index < -0.39 is 10.0 Å². The van der Waals surface area contributed by atoms with E-state index in [-0.39, 0.29) is 10.9 Å². The van der Waals surface area contributed by atoms with Crippen LogP contribution in [0.15, 0.2) is 23.1 Å². The average Bonchev–Trinajstić information content (AvgIpc) is 3.21. The summed E-state index contributed by atoms with van der Waals surface area (Å²) in [6.45, 7) is 2.58. The molecule has 2 rings (SSSR count). The van der Waals surface area contributed by atoms with Crippen LogP contribution in [0.2, 0.25) is 0 Å². The molecule has 1 saturated carbocycles. The molecular formula is C15H24N2O3S. The zero-order valence-electron chi connectivity index (χ0n) is 12.8. The van der Waals surface area contributed by atoms with Crippen LogP contribution < -0.4 is 14.8 Å². The summed E-state index contributed by atoms with van der Waals surface area (Å²) in [5.41, 5.74) is 0.985. The number of benzene rings is 1. The van der Waals surface area contributed by atoms with Crippen molar-refractivity contribution in [2.45, 2.75) is 43.7 Å². The topological polar surface area (TPSA) is 67.4 Å². The van der Waals surface area contributed by atoms with E-state index in [2.05, 4.69) is 10.0 Å². The Morgan fingerprint density at radius 3 is 2.67 bits per heavy atom. The lowest BCUT2D eigenvalue weighted by atomic mass is 10.2. The number of methoxy groups -OCH3 is 1. The molecule has 0 amide bonds. The Bertz CT molecular complexity index is 583. The minimum absolute atomic E-state index is 0.0517. The maximum atomic E-state index is 12.5. The van der Waals surface area contributed by atoms with Crippen LogP contribution in [-0.2, 0) is 16.6 Å². The van der Waals surface area contributed by atoms with Gasteiger partial charge in [0.1, 0.15) is 10.6 Å². The summed E-state index contributed by atoms with van der Waals surface area (Å²) >= 11 is 0. The minimum Gasteiger partial charge on any atom is -0.495 e. The normalized spacial score (nSPS) is 16.7. The summed E-state index contributed by atoms with van der Waals surface area (Å²) in [4.78, 5) is 0.201. The summed E-state index contributed by atoms with van der Waals surface area (Å²) in [5.74, 6) is 1.07. The molecule has 1 aromatic rings. The molecule has 0 bridgehead atoms. The van der Waals surface area contributed by atoms with Gasteiger partial charge in [0.15, 0.2) is 0 Å². The molecule has 118 valence electrons. The highest BCUT2D eigenvalue weighted by Gasteiger charge is 2.27. The highest BCUT2D eigenvalue weighted by atomic mass is 32.2. The van der Waals surface area contributed by atoms with Crippen LogP contribution in [0.3, 0.4) is 0 Å². The van der Waals surface area contributed by atoms with Crippen molar-refractivity contribution >= 4 is 10.0 Å². The third-order valence-electron chi connectivity index (χ3n) is 3.64. The SMILES string of the molecule is CNCc1ccc(S(=O)(=O)NC(C)CC2CC2)c(OC)c1. The molecular weight excluding hydrogens is 288 g/mol. The fraction of sp³-hybridized carbons (Fsp3) is 0.600. The monoisotopic (exact) mass is 312 g/mol. The Kier molecular flexibility index (Phi) is 5.24. The first-order valence-corrected chi connectivity index (χ1v) is 8.78. The van der Waals surface area contributed by atoms with Gasteiger partial charge in [-0.1, -0.05) is 18.9 Å². The number of hydrogen-bond donors (Lipinski definition) is 2. The highest BCUT2D eigenvalue weighted by molar-refractivity contribution is 7.89. The van der Waals surface area contributed by atoms with Gasteiger partial charge in [-0.05, 0) is 44.0 Å². The van der Waals surface area contributed by atoms with E-state index in [0.29, 0.717) is 18.2 Å². The molecule has 0 aromatic heterocycles. The second-order valence-corrected chi connectivity index (χ2v) is 7.40. The van der Waals surface area contributed by atoms with Gasteiger partial charge in [-0.25, -0.2) is 13.1 Å². The zero-order chi connectivity index (χ0) is 15.5. The molecule has 1 aliphatic rings. The smallest absolute Gasteiger partial charge is 0.244 e. The van der Waals surface area contributed by atoms with Gasteiger partial charge in [0.2, 0.25) is 10.0 Å². The average molecular weight is 312 g/mol. The fourth-order valence-electron chi connectivity index (χ4n) is 2.48. The quantitative estimate of drug-likeness (QED) is 0.769. The van der Waals surface area contributed by atoms with Crippen molar-refractivity contribution in [1.29, 1.82) is 0 Å². The van der Waals surface area contributed by atoms with E-state index >= 15 is 0 Å². The molecule has 0 saturated heterocycles. The summed E-state index contributed by atoms with van der Waals surface area (Å²) in [6, 6.07) is 5.12. The number of nitrogens with one attached hydrogen (secondary N) is 2. The second-order valence-electron chi connectivity index (χ2n) is 5.72. The van der Waals surface area contributed by atoms with E-state index in [1.165, 1.54) is 20.0 Å². The van der Waals surface area contributed by atoms with Crippen molar-refractivity contribution in [3.8, 4) is 5.75 Å².